The molecule has 0 aromatic rings. The quantitative estimate of drug-likeness (QED) is 0.0349. The topological polar surface area (TPSA) is 78.9 Å². The summed E-state index contributed by atoms with van der Waals surface area (Å²) in [6.07, 6.45) is 42.3. The van der Waals surface area contributed by atoms with Crippen LogP contribution in [0.4, 0.5) is 0 Å². The van der Waals surface area contributed by atoms with Crippen LogP contribution in [0.25, 0.3) is 0 Å². The van der Waals surface area contributed by atoms with E-state index in [9.17, 15) is 14.4 Å². The lowest BCUT2D eigenvalue weighted by atomic mass is 10.0. The minimum atomic E-state index is -0.759. The second-order valence-electron chi connectivity index (χ2n) is 16.9. The number of ether oxygens (including phenoxy) is 3. The summed E-state index contributed by atoms with van der Waals surface area (Å²) in [5, 5.41) is 0. The van der Waals surface area contributed by atoms with E-state index in [1.165, 1.54) is 161 Å². The van der Waals surface area contributed by atoms with Crippen LogP contribution in [0, 0.1) is 5.92 Å². The Morgan fingerprint density at radius 1 is 0.352 bits per heavy atom. The minimum absolute atomic E-state index is 0.0634. The highest BCUT2D eigenvalue weighted by Gasteiger charge is 2.19. The van der Waals surface area contributed by atoms with Gasteiger partial charge in [0, 0.05) is 19.3 Å². The van der Waals surface area contributed by atoms with Gasteiger partial charge in [0.15, 0.2) is 6.10 Å². The van der Waals surface area contributed by atoms with Gasteiger partial charge in [0.2, 0.25) is 0 Å². The van der Waals surface area contributed by atoms with E-state index in [1.54, 1.807) is 0 Å². The zero-order valence-corrected chi connectivity index (χ0v) is 36.7. The van der Waals surface area contributed by atoms with E-state index in [-0.39, 0.29) is 31.1 Å². The second kappa shape index (κ2) is 42.6. The summed E-state index contributed by atoms with van der Waals surface area (Å²) in [4.78, 5) is 37.7. The molecule has 0 heterocycles. The number of carbonyl (C=O) groups excluding carboxylic acids is 3. The van der Waals surface area contributed by atoms with E-state index in [0.717, 1.165) is 63.7 Å². The summed E-state index contributed by atoms with van der Waals surface area (Å²) in [6, 6.07) is 0. The van der Waals surface area contributed by atoms with Crippen LogP contribution >= 0.6 is 0 Å². The monoisotopic (exact) mass is 765 g/mol. The molecule has 0 amide bonds. The third kappa shape index (κ3) is 41.6. The number of hydrogen-bond donors (Lipinski definition) is 0. The van der Waals surface area contributed by atoms with Crippen LogP contribution in [-0.4, -0.2) is 37.2 Å². The van der Waals surface area contributed by atoms with Crippen molar-refractivity contribution in [2.24, 2.45) is 5.92 Å². The van der Waals surface area contributed by atoms with Crippen molar-refractivity contribution in [2.75, 3.05) is 13.2 Å². The van der Waals surface area contributed by atoms with Gasteiger partial charge in [-0.25, -0.2) is 0 Å². The molecule has 54 heavy (non-hydrogen) atoms. The van der Waals surface area contributed by atoms with Gasteiger partial charge in [-0.15, -0.1) is 0 Å². The Labute approximate surface area is 336 Å². The number of unbranched alkanes of at least 4 members (excludes halogenated alkanes) is 30. The molecule has 0 spiro atoms. The number of rotatable bonds is 43. The van der Waals surface area contributed by atoms with Crippen LogP contribution < -0.4 is 0 Å². The largest absolute Gasteiger partial charge is 0.462 e. The highest BCUT2D eigenvalue weighted by molar-refractivity contribution is 5.71. The average Bonchev–Trinajstić information content (AvgIpc) is 3.15. The van der Waals surface area contributed by atoms with Crippen molar-refractivity contribution in [1.29, 1.82) is 0 Å². The Morgan fingerprint density at radius 2 is 0.611 bits per heavy atom. The van der Waals surface area contributed by atoms with E-state index in [4.69, 9.17) is 14.2 Å². The first-order chi connectivity index (χ1) is 26.4. The molecule has 0 N–H and O–H groups in total. The molecular weight excluding hydrogens is 673 g/mol. The fraction of sp³-hybridized carbons (Fsp3) is 0.938. The maximum Gasteiger partial charge on any atom is 0.306 e. The Balaban J connectivity index is 4.30. The molecule has 320 valence electrons. The lowest BCUT2D eigenvalue weighted by Gasteiger charge is -2.18. The smallest absolute Gasteiger partial charge is 0.306 e. The van der Waals surface area contributed by atoms with Crippen molar-refractivity contribution in [3.05, 3.63) is 0 Å². The molecule has 0 aromatic carbocycles. The molecule has 0 aliphatic heterocycles. The van der Waals surface area contributed by atoms with E-state index < -0.39 is 6.10 Å². The van der Waals surface area contributed by atoms with Gasteiger partial charge in [0.1, 0.15) is 13.2 Å². The molecule has 0 aromatic heterocycles. The summed E-state index contributed by atoms with van der Waals surface area (Å²) in [6.45, 7) is 8.98. The van der Waals surface area contributed by atoms with Crippen molar-refractivity contribution >= 4 is 17.9 Å². The normalized spacial score (nSPS) is 11.9. The SMILES string of the molecule is CCCCCCCCCCCCCCCC(=O)OC[C@H](COC(=O)CCCCCCCCCCC)OC(=O)CCCCCCCCCCCCCC(C)C. The van der Waals surface area contributed by atoms with Crippen molar-refractivity contribution in [2.45, 2.75) is 271 Å². The van der Waals surface area contributed by atoms with E-state index >= 15 is 0 Å². The van der Waals surface area contributed by atoms with Gasteiger partial charge in [0.05, 0.1) is 0 Å². The van der Waals surface area contributed by atoms with Gasteiger partial charge in [-0.3, -0.25) is 14.4 Å². The van der Waals surface area contributed by atoms with Crippen LogP contribution in [0.3, 0.4) is 0 Å². The molecule has 6 heteroatoms. The molecular formula is C48H92O6. The van der Waals surface area contributed by atoms with E-state index in [2.05, 4.69) is 27.7 Å². The Bertz CT molecular complexity index is 811. The van der Waals surface area contributed by atoms with Gasteiger partial charge >= 0.3 is 17.9 Å². The molecule has 6 nitrogen and oxygen atoms in total. The summed E-state index contributed by atoms with van der Waals surface area (Å²) in [7, 11) is 0. The molecule has 0 saturated heterocycles. The number of hydrogen-bond acceptors (Lipinski definition) is 6. The van der Waals surface area contributed by atoms with Gasteiger partial charge in [-0.1, -0.05) is 227 Å². The molecule has 0 unspecified atom stereocenters. The van der Waals surface area contributed by atoms with Crippen molar-refractivity contribution in [3.63, 3.8) is 0 Å². The zero-order chi connectivity index (χ0) is 39.6. The second-order valence-corrected chi connectivity index (χ2v) is 16.9. The fourth-order valence-electron chi connectivity index (χ4n) is 7.16. The molecule has 0 aliphatic carbocycles. The lowest BCUT2D eigenvalue weighted by Crippen LogP contribution is -2.30. The molecule has 0 saturated carbocycles. The minimum Gasteiger partial charge on any atom is -0.462 e. The van der Waals surface area contributed by atoms with Crippen molar-refractivity contribution < 1.29 is 28.6 Å². The standard InChI is InChI=1S/C48H92O6/c1-5-7-9-11-13-15-16-17-20-24-28-32-36-40-47(50)53-43-45(42-52-46(49)39-35-31-27-22-14-12-10-8-6-2)54-48(51)41-37-33-29-25-21-18-19-23-26-30-34-38-44(3)4/h44-45H,5-43H2,1-4H3/t45-/m0/s1. The van der Waals surface area contributed by atoms with Crippen molar-refractivity contribution in [3.8, 4) is 0 Å². The van der Waals surface area contributed by atoms with E-state index in [0.29, 0.717) is 19.3 Å². The molecule has 0 bridgehead atoms. The van der Waals surface area contributed by atoms with Gasteiger partial charge < -0.3 is 14.2 Å². The first-order valence-corrected chi connectivity index (χ1v) is 23.9. The molecule has 0 fully saturated rings. The van der Waals surface area contributed by atoms with Gasteiger partial charge in [-0.2, -0.15) is 0 Å². The molecule has 0 aliphatic rings. The van der Waals surface area contributed by atoms with Crippen LogP contribution in [-0.2, 0) is 28.6 Å². The van der Waals surface area contributed by atoms with Crippen LogP contribution in [0.1, 0.15) is 265 Å². The number of esters is 3. The Kier molecular flexibility index (Phi) is 41.3. The predicted molar refractivity (Wildman–Crippen MR) is 229 cm³/mol. The maximum absolute atomic E-state index is 12.7. The maximum atomic E-state index is 12.7. The first-order valence-electron chi connectivity index (χ1n) is 23.9. The third-order valence-corrected chi connectivity index (χ3v) is 10.8. The summed E-state index contributed by atoms with van der Waals surface area (Å²) < 4.78 is 16.7. The fourth-order valence-corrected chi connectivity index (χ4v) is 7.16. The average molecular weight is 765 g/mol. The van der Waals surface area contributed by atoms with Crippen LogP contribution in [0.15, 0.2) is 0 Å². The predicted octanol–water partition coefficient (Wildman–Crippen LogP) is 15.1. The number of carbonyl (C=O) groups is 3. The Morgan fingerprint density at radius 3 is 0.907 bits per heavy atom. The third-order valence-electron chi connectivity index (χ3n) is 10.8. The highest BCUT2D eigenvalue weighted by Crippen LogP contribution is 2.16. The summed E-state index contributed by atoms with van der Waals surface area (Å²) >= 11 is 0. The first kappa shape index (κ1) is 52.4. The van der Waals surface area contributed by atoms with Crippen molar-refractivity contribution in [1.82, 2.24) is 0 Å². The van der Waals surface area contributed by atoms with Crippen LogP contribution in [0.5, 0.6) is 0 Å². The van der Waals surface area contributed by atoms with Gasteiger partial charge in [0.25, 0.3) is 0 Å². The molecule has 1 atom stereocenters. The summed E-state index contributed by atoms with van der Waals surface area (Å²) in [5.74, 6) is -0.0278. The molecule has 0 radical (unpaired) electrons. The van der Waals surface area contributed by atoms with Crippen LogP contribution in [0.2, 0.25) is 0 Å². The summed E-state index contributed by atoms with van der Waals surface area (Å²) in [5.41, 5.74) is 0. The lowest BCUT2D eigenvalue weighted by molar-refractivity contribution is -0.167. The van der Waals surface area contributed by atoms with Gasteiger partial charge in [-0.05, 0) is 25.2 Å². The Hall–Kier alpha value is -1.59. The highest BCUT2D eigenvalue weighted by atomic mass is 16.6. The molecule has 0 rings (SSSR count). The zero-order valence-electron chi connectivity index (χ0n) is 36.7. The van der Waals surface area contributed by atoms with E-state index in [1.807, 2.05) is 0 Å².